The van der Waals surface area contributed by atoms with Gasteiger partial charge in [-0.05, 0) is 18.5 Å². The van der Waals surface area contributed by atoms with Gasteiger partial charge >= 0.3 is 0 Å². The molecule has 0 fully saturated rings. The third kappa shape index (κ3) is 3.20. The van der Waals surface area contributed by atoms with Crippen LogP contribution in [0.3, 0.4) is 0 Å². The van der Waals surface area contributed by atoms with E-state index in [9.17, 15) is 0 Å². The molecule has 0 aliphatic carbocycles. The summed E-state index contributed by atoms with van der Waals surface area (Å²) in [5.41, 5.74) is 1.10. The average Bonchev–Trinajstić information content (AvgIpc) is 2.26. The number of hydrogen-bond donors (Lipinski definition) is 1. The fourth-order valence-electron chi connectivity index (χ4n) is 1.35. The van der Waals surface area contributed by atoms with Gasteiger partial charge in [0.2, 0.25) is 0 Å². The highest BCUT2D eigenvalue weighted by Gasteiger charge is 2.08. The maximum atomic E-state index is 8.99. The second-order valence-corrected chi connectivity index (χ2v) is 3.30. The van der Waals surface area contributed by atoms with E-state index in [4.69, 9.17) is 5.26 Å². The first-order valence-electron chi connectivity index (χ1n) is 5.03. The minimum atomic E-state index is -0.0252. The molecule has 0 radical (unpaired) electrons. The van der Waals surface area contributed by atoms with Crippen molar-refractivity contribution in [3.63, 3.8) is 0 Å². The fourth-order valence-corrected chi connectivity index (χ4v) is 1.35. The first kappa shape index (κ1) is 10.7. The number of rotatable bonds is 5. The zero-order valence-corrected chi connectivity index (χ0v) is 8.53. The minimum absolute atomic E-state index is 0.0252. The van der Waals surface area contributed by atoms with Crippen LogP contribution in [0, 0.1) is 11.3 Å². The highest BCUT2D eigenvalue weighted by atomic mass is 14.8. The Kier molecular flexibility index (Phi) is 4.74. The standard InChI is InChI=1S/C12H16N2/c1-2-8-14-10-12(9-13)11-6-4-3-5-7-11/h3-7,12,14H,2,8,10H2,1H3. The van der Waals surface area contributed by atoms with E-state index >= 15 is 0 Å². The SMILES string of the molecule is CCCNCC(C#N)c1ccccc1. The summed E-state index contributed by atoms with van der Waals surface area (Å²) in [7, 11) is 0. The van der Waals surface area contributed by atoms with Gasteiger partial charge in [-0.3, -0.25) is 0 Å². The maximum Gasteiger partial charge on any atom is 0.0837 e. The molecule has 0 spiro atoms. The van der Waals surface area contributed by atoms with Crippen molar-refractivity contribution in [1.82, 2.24) is 5.32 Å². The molecule has 1 atom stereocenters. The van der Waals surface area contributed by atoms with Gasteiger partial charge in [-0.15, -0.1) is 0 Å². The number of nitriles is 1. The van der Waals surface area contributed by atoms with Gasteiger partial charge in [-0.25, -0.2) is 0 Å². The van der Waals surface area contributed by atoms with Crippen LogP contribution in [0.15, 0.2) is 30.3 Å². The van der Waals surface area contributed by atoms with Gasteiger partial charge in [0.1, 0.15) is 0 Å². The van der Waals surface area contributed by atoms with Crippen LogP contribution in [0.2, 0.25) is 0 Å². The molecule has 0 amide bonds. The van der Waals surface area contributed by atoms with Gasteiger partial charge < -0.3 is 5.32 Å². The summed E-state index contributed by atoms with van der Waals surface area (Å²) in [6.07, 6.45) is 1.10. The first-order valence-corrected chi connectivity index (χ1v) is 5.03. The monoisotopic (exact) mass is 188 g/mol. The molecule has 0 aromatic heterocycles. The van der Waals surface area contributed by atoms with Crippen molar-refractivity contribution < 1.29 is 0 Å². The van der Waals surface area contributed by atoms with E-state index in [1.165, 1.54) is 0 Å². The lowest BCUT2D eigenvalue weighted by atomic mass is 10.0. The number of hydrogen-bond acceptors (Lipinski definition) is 2. The van der Waals surface area contributed by atoms with E-state index < -0.39 is 0 Å². The van der Waals surface area contributed by atoms with E-state index in [1.807, 2.05) is 30.3 Å². The summed E-state index contributed by atoms with van der Waals surface area (Å²) in [5, 5.41) is 12.3. The van der Waals surface area contributed by atoms with Crippen molar-refractivity contribution in [3.05, 3.63) is 35.9 Å². The number of nitrogens with zero attached hydrogens (tertiary/aromatic N) is 1. The molecule has 0 heterocycles. The topological polar surface area (TPSA) is 35.8 Å². The van der Waals surface area contributed by atoms with E-state index in [1.54, 1.807) is 0 Å². The molecule has 0 aliphatic rings. The van der Waals surface area contributed by atoms with Crippen LogP contribution in [0.25, 0.3) is 0 Å². The zero-order chi connectivity index (χ0) is 10.2. The lowest BCUT2D eigenvalue weighted by molar-refractivity contribution is 0.642. The van der Waals surface area contributed by atoms with Crippen molar-refractivity contribution in [3.8, 4) is 6.07 Å². The van der Waals surface area contributed by atoms with Crippen molar-refractivity contribution >= 4 is 0 Å². The van der Waals surface area contributed by atoms with Crippen molar-refractivity contribution in [2.75, 3.05) is 13.1 Å². The molecule has 2 nitrogen and oxygen atoms in total. The molecule has 1 aromatic rings. The molecule has 14 heavy (non-hydrogen) atoms. The van der Waals surface area contributed by atoms with Crippen LogP contribution in [0.1, 0.15) is 24.8 Å². The summed E-state index contributed by atoms with van der Waals surface area (Å²) >= 11 is 0. The molecular formula is C12H16N2. The van der Waals surface area contributed by atoms with Gasteiger partial charge in [0.25, 0.3) is 0 Å². The van der Waals surface area contributed by atoms with Crippen molar-refractivity contribution in [2.24, 2.45) is 0 Å². The summed E-state index contributed by atoms with van der Waals surface area (Å²) < 4.78 is 0. The smallest absolute Gasteiger partial charge is 0.0837 e. The highest BCUT2D eigenvalue weighted by Crippen LogP contribution is 2.12. The van der Waals surface area contributed by atoms with Crippen LogP contribution in [-0.2, 0) is 0 Å². The molecule has 2 heteroatoms. The maximum absolute atomic E-state index is 8.99. The van der Waals surface area contributed by atoms with Crippen LogP contribution < -0.4 is 5.32 Å². The lowest BCUT2D eigenvalue weighted by Crippen LogP contribution is -2.21. The summed E-state index contributed by atoms with van der Waals surface area (Å²) in [5.74, 6) is -0.0252. The number of nitrogens with one attached hydrogen (secondary N) is 1. The normalized spacial score (nSPS) is 12.0. The summed E-state index contributed by atoms with van der Waals surface area (Å²) in [4.78, 5) is 0. The first-order chi connectivity index (χ1) is 6.88. The number of benzene rings is 1. The molecule has 0 saturated heterocycles. The Morgan fingerprint density at radius 2 is 2.07 bits per heavy atom. The van der Waals surface area contributed by atoms with Gasteiger partial charge in [-0.1, -0.05) is 37.3 Å². The minimum Gasteiger partial charge on any atom is -0.315 e. The Morgan fingerprint density at radius 1 is 1.36 bits per heavy atom. The Bertz CT molecular complexity index is 287. The van der Waals surface area contributed by atoms with Gasteiger partial charge in [0.05, 0.1) is 12.0 Å². The highest BCUT2D eigenvalue weighted by molar-refractivity contribution is 5.24. The van der Waals surface area contributed by atoms with Crippen molar-refractivity contribution in [2.45, 2.75) is 19.3 Å². The Morgan fingerprint density at radius 3 is 2.64 bits per heavy atom. The van der Waals surface area contributed by atoms with Crippen molar-refractivity contribution in [1.29, 1.82) is 5.26 Å². The molecule has 1 rings (SSSR count). The van der Waals surface area contributed by atoms with Gasteiger partial charge in [0, 0.05) is 6.54 Å². The molecule has 74 valence electrons. The van der Waals surface area contributed by atoms with Crippen LogP contribution in [0.5, 0.6) is 0 Å². The third-order valence-corrected chi connectivity index (χ3v) is 2.13. The van der Waals surface area contributed by atoms with Gasteiger partial charge in [0.15, 0.2) is 0 Å². The summed E-state index contributed by atoms with van der Waals surface area (Å²) in [6, 6.07) is 12.2. The third-order valence-electron chi connectivity index (χ3n) is 2.13. The lowest BCUT2D eigenvalue weighted by Gasteiger charge is -2.09. The Hall–Kier alpha value is -1.33. The molecule has 1 aromatic carbocycles. The largest absolute Gasteiger partial charge is 0.315 e. The second kappa shape index (κ2) is 6.17. The molecule has 0 aliphatic heterocycles. The molecule has 0 bridgehead atoms. The van der Waals surface area contributed by atoms with Crippen LogP contribution >= 0.6 is 0 Å². The quantitative estimate of drug-likeness (QED) is 0.720. The van der Waals surface area contributed by atoms with E-state index in [-0.39, 0.29) is 5.92 Å². The second-order valence-electron chi connectivity index (χ2n) is 3.30. The molecular weight excluding hydrogens is 172 g/mol. The Balaban J connectivity index is 2.52. The van der Waals surface area contributed by atoms with Gasteiger partial charge in [-0.2, -0.15) is 5.26 Å². The molecule has 0 saturated carbocycles. The summed E-state index contributed by atoms with van der Waals surface area (Å²) in [6.45, 7) is 3.84. The average molecular weight is 188 g/mol. The van der Waals surface area contributed by atoms with E-state index in [0.717, 1.165) is 25.1 Å². The predicted molar refractivity (Wildman–Crippen MR) is 58.0 cm³/mol. The molecule has 1 N–H and O–H groups in total. The predicted octanol–water partition coefficient (Wildman–Crippen LogP) is 2.29. The van der Waals surface area contributed by atoms with Crippen LogP contribution in [-0.4, -0.2) is 13.1 Å². The molecule has 1 unspecified atom stereocenters. The zero-order valence-electron chi connectivity index (χ0n) is 8.53. The van der Waals surface area contributed by atoms with E-state index in [2.05, 4.69) is 18.3 Å². The Labute approximate surface area is 85.6 Å². The van der Waals surface area contributed by atoms with E-state index in [0.29, 0.717) is 0 Å². The van der Waals surface area contributed by atoms with Crippen LogP contribution in [0.4, 0.5) is 0 Å². The fraction of sp³-hybridized carbons (Fsp3) is 0.417.